The minimum Gasteiger partial charge on any atom is -0.456 e. The smallest absolute Gasteiger partial charge is 0.373 e. The minimum atomic E-state index is -0.779. The van der Waals surface area contributed by atoms with E-state index in [0.717, 1.165) is 5.56 Å². The molecule has 0 spiro atoms. The molecule has 1 heterocycles. The van der Waals surface area contributed by atoms with Gasteiger partial charge < -0.3 is 14.8 Å². The van der Waals surface area contributed by atoms with Crippen LogP contribution in [0.4, 0.5) is 11.5 Å². The predicted molar refractivity (Wildman–Crippen MR) is 131 cm³/mol. The molecule has 1 N–H and O–H groups in total. The van der Waals surface area contributed by atoms with E-state index in [0.29, 0.717) is 6.54 Å². The number of rotatable bonds is 8. The fourth-order valence-corrected chi connectivity index (χ4v) is 3.30. The third-order valence-corrected chi connectivity index (χ3v) is 4.99. The number of nitriles is 1. The molecular weight excluding hydrogens is 470 g/mol. The number of hydrogen-bond acceptors (Lipinski definition) is 10. The van der Waals surface area contributed by atoms with Crippen LogP contribution in [0.1, 0.15) is 42.3 Å². The Balaban J connectivity index is 2.00. The largest absolute Gasteiger partial charge is 0.456 e. The second-order valence-electron chi connectivity index (χ2n) is 8.23. The van der Waals surface area contributed by atoms with E-state index in [1.54, 1.807) is 27.0 Å². The number of hydrogen-bond donors (Lipinski definition) is 1. The van der Waals surface area contributed by atoms with Crippen molar-refractivity contribution in [1.29, 1.82) is 5.26 Å². The maximum atomic E-state index is 12.6. The molecule has 0 aliphatic heterocycles. The van der Waals surface area contributed by atoms with E-state index < -0.39 is 22.2 Å². The van der Waals surface area contributed by atoms with E-state index >= 15 is 0 Å². The number of carbonyl (C=O) groups excluding carboxylic acids is 1. The van der Waals surface area contributed by atoms with Crippen molar-refractivity contribution in [3.63, 3.8) is 0 Å². The molecule has 0 amide bonds. The van der Waals surface area contributed by atoms with E-state index in [-0.39, 0.29) is 33.7 Å². The highest BCUT2D eigenvalue weighted by atomic mass is 32.2. The number of nitrogens with zero attached hydrogens (tertiary/aromatic N) is 4. The van der Waals surface area contributed by atoms with Crippen molar-refractivity contribution in [3.05, 3.63) is 75.3 Å². The summed E-state index contributed by atoms with van der Waals surface area (Å²) in [7, 11) is 0. The average Bonchev–Trinajstić information content (AvgIpc) is 2.81. The number of nitrogens with one attached hydrogen (secondary N) is 1. The Kier molecular flexibility index (Phi) is 7.88. The summed E-state index contributed by atoms with van der Waals surface area (Å²) in [5, 5.41) is 24.6. The van der Waals surface area contributed by atoms with Crippen molar-refractivity contribution in [3.8, 4) is 17.7 Å². The third-order valence-electron chi connectivity index (χ3n) is 4.44. The summed E-state index contributed by atoms with van der Waals surface area (Å²) in [6.45, 7) is 5.41. The highest BCUT2D eigenvalue weighted by Crippen LogP contribution is 2.37. The number of ether oxygens (including phenoxy) is 2. The average molecular weight is 494 g/mol. The van der Waals surface area contributed by atoms with E-state index in [4.69, 9.17) is 9.47 Å². The highest BCUT2D eigenvalue weighted by Gasteiger charge is 2.28. The van der Waals surface area contributed by atoms with Crippen molar-refractivity contribution >= 4 is 29.2 Å². The molecule has 0 radical (unpaired) electrons. The summed E-state index contributed by atoms with van der Waals surface area (Å²) < 4.78 is 11.1. The monoisotopic (exact) mass is 493 g/mol. The SMILES string of the molecule is CSc1nc(NCc2ccccc2)c([N+](=O)[O-])c(Oc2ccc(C#N)c(C(=O)OC(C)(C)C)c2)n1. The van der Waals surface area contributed by atoms with Gasteiger partial charge in [-0.15, -0.1) is 0 Å². The second-order valence-corrected chi connectivity index (χ2v) is 9.01. The highest BCUT2D eigenvalue weighted by molar-refractivity contribution is 7.98. The summed E-state index contributed by atoms with van der Waals surface area (Å²) in [4.78, 5) is 32.4. The molecule has 0 aliphatic carbocycles. The first-order valence-electron chi connectivity index (χ1n) is 10.4. The lowest BCUT2D eigenvalue weighted by Gasteiger charge is -2.20. The molecule has 0 saturated carbocycles. The van der Waals surface area contributed by atoms with Crippen LogP contribution < -0.4 is 10.1 Å². The standard InChI is InChI=1S/C24H23N5O5S/c1-24(2,3)34-22(30)18-12-17(11-10-16(18)13-25)33-21-19(29(31)32)20(27-23(28-21)35-4)26-14-15-8-6-5-7-9-15/h5-12H,14H2,1-4H3,(H,26,27,28). The molecule has 0 fully saturated rings. The molecular formula is C24H23N5O5S. The normalized spacial score (nSPS) is 10.8. The lowest BCUT2D eigenvalue weighted by atomic mass is 10.1. The fraction of sp³-hybridized carbons (Fsp3) is 0.250. The molecule has 3 aromatic rings. The zero-order chi connectivity index (χ0) is 25.6. The number of carbonyl (C=O) groups is 1. The minimum absolute atomic E-state index is 0.00536. The van der Waals surface area contributed by atoms with Crippen molar-refractivity contribution in [2.75, 3.05) is 11.6 Å². The lowest BCUT2D eigenvalue weighted by Crippen LogP contribution is -2.24. The third kappa shape index (κ3) is 6.68. The number of aromatic nitrogens is 2. The van der Waals surface area contributed by atoms with Gasteiger partial charge in [0.05, 0.1) is 16.1 Å². The molecule has 0 bridgehead atoms. The molecule has 11 heteroatoms. The van der Waals surface area contributed by atoms with Gasteiger partial charge in [-0.05, 0) is 50.8 Å². The molecule has 2 aromatic carbocycles. The Labute approximate surface area is 206 Å². The molecule has 0 saturated heterocycles. The lowest BCUT2D eigenvalue weighted by molar-refractivity contribution is -0.385. The maximum absolute atomic E-state index is 12.6. The van der Waals surface area contributed by atoms with Gasteiger partial charge in [0.25, 0.3) is 0 Å². The van der Waals surface area contributed by atoms with E-state index in [1.165, 1.54) is 30.0 Å². The van der Waals surface area contributed by atoms with Crippen LogP contribution in [0.25, 0.3) is 0 Å². The molecule has 35 heavy (non-hydrogen) atoms. The summed E-state index contributed by atoms with van der Waals surface area (Å²) in [5.74, 6) is -0.946. The van der Waals surface area contributed by atoms with Crippen LogP contribution in [0, 0.1) is 21.4 Å². The maximum Gasteiger partial charge on any atom is 0.373 e. The van der Waals surface area contributed by atoms with E-state index in [2.05, 4.69) is 15.3 Å². The van der Waals surface area contributed by atoms with Gasteiger partial charge in [-0.2, -0.15) is 15.2 Å². The quantitative estimate of drug-likeness (QED) is 0.144. The van der Waals surface area contributed by atoms with Gasteiger partial charge in [0.1, 0.15) is 17.4 Å². The number of thioether (sulfide) groups is 1. The predicted octanol–water partition coefficient (Wildman–Crippen LogP) is 5.34. The molecule has 0 aliphatic rings. The van der Waals surface area contributed by atoms with Gasteiger partial charge in [0.15, 0.2) is 5.16 Å². The molecule has 1 aromatic heterocycles. The van der Waals surface area contributed by atoms with E-state index in [9.17, 15) is 20.2 Å². The molecule has 10 nitrogen and oxygen atoms in total. The van der Waals surface area contributed by atoms with Crippen LogP contribution in [0.2, 0.25) is 0 Å². The van der Waals surface area contributed by atoms with Crippen molar-refractivity contribution in [2.45, 2.75) is 38.1 Å². The van der Waals surface area contributed by atoms with Crippen molar-refractivity contribution < 1.29 is 19.2 Å². The van der Waals surface area contributed by atoms with Crippen LogP contribution in [0.15, 0.2) is 53.7 Å². The van der Waals surface area contributed by atoms with Gasteiger partial charge in [-0.25, -0.2) is 4.79 Å². The van der Waals surface area contributed by atoms with Gasteiger partial charge in [0.2, 0.25) is 5.82 Å². The Bertz CT molecular complexity index is 1290. The van der Waals surface area contributed by atoms with Crippen molar-refractivity contribution in [1.82, 2.24) is 9.97 Å². The Morgan fingerprint density at radius 2 is 1.91 bits per heavy atom. The van der Waals surface area contributed by atoms with E-state index in [1.807, 2.05) is 36.4 Å². The summed E-state index contributed by atoms with van der Waals surface area (Å²) in [5.41, 5.74) is -0.272. The van der Waals surface area contributed by atoms with Gasteiger partial charge in [-0.3, -0.25) is 10.1 Å². The van der Waals surface area contributed by atoms with Gasteiger partial charge in [-0.1, -0.05) is 42.1 Å². The number of esters is 1. The number of benzene rings is 2. The zero-order valence-electron chi connectivity index (χ0n) is 19.6. The molecule has 180 valence electrons. The summed E-state index contributed by atoms with van der Waals surface area (Å²) in [6, 6.07) is 15.4. The Hall–Kier alpha value is -4.17. The molecule has 3 rings (SSSR count). The number of anilines is 1. The van der Waals surface area contributed by atoms with Gasteiger partial charge in [0, 0.05) is 6.54 Å². The van der Waals surface area contributed by atoms with Gasteiger partial charge >= 0.3 is 17.5 Å². The Morgan fingerprint density at radius 1 is 1.20 bits per heavy atom. The fourth-order valence-electron chi connectivity index (χ4n) is 2.94. The first kappa shape index (κ1) is 25.5. The van der Waals surface area contributed by atoms with Crippen LogP contribution in [-0.2, 0) is 11.3 Å². The summed E-state index contributed by atoms with van der Waals surface area (Å²) in [6.07, 6.45) is 1.73. The zero-order valence-corrected chi connectivity index (χ0v) is 20.4. The molecule has 0 atom stereocenters. The van der Waals surface area contributed by atoms with Crippen LogP contribution in [0.5, 0.6) is 11.6 Å². The van der Waals surface area contributed by atoms with Crippen molar-refractivity contribution in [2.24, 2.45) is 0 Å². The first-order valence-corrected chi connectivity index (χ1v) is 11.7. The summed E-state index contributed by atoms with van der Waals surface area (Å²) >= 11 is 1.19. The molecule has 0 unspecified atom stereocenters. The first-order chi connectivity index (χ1) is 16.6. The topological polar surface area (TPSA) is 140 Å². The second kappa shape index (κ2) is 10.8. The van der Waals surface area contributed by atoms with Crippen LogP contribution >= 0.6 is 11.8 Å². The van der Waals surface area contributed by atoms with Crippen LogP contribution in [0.3, 0.4) is 0 Å². The number of nitro groups is 1. The Morgan fingerprint density at radius 3 is 2.51 bits per heavy atom. The van der Waals surface area contributed by atoms with Crippen LogP contribution in [-0.4, -0.2) is 32.7 Å².